The van der Waals surface area contributed by atoms with Gasteiger partial charge in [-0.05, 0) is 36.4 Å². The van der Waals surface area contributed by atoms with E-state index in [1.807, 2.05) is 12.4 Å². The maximum atomic E-state index is 4.12. The smallest absolute Gasteiger partial charge is 0.0489 e. The van der Waals surface area contributed by atoms with E-state index < -0.39 is 0 Å². The number of hydrogen-bond acceptors (Lipinski definition) is 2. The summed E-state index contributed by atoms with van der Waals surface area (Å²) in [5.41, 5.74) is 5.68. The Hall–Kier alpha value is -1.55. The predicted octanol–water partition coefficient (Wildman–Crippen LogP) is 3.92. The highest BCUT2D eigenvalue weighted by Crippen LogP contribution is 2.31. The van der Waals surface area contributed by atoms with Crippen LogP contribution in [0.3, 0.4) is 0 Å². The summed E-state index contributed by atoms with van der Waals surface area (Å²) in [6.07, 6.45) is 4.88. The molecule has 122 valence electrons. The molecule has 1 aromatic carbocycles. The van der Waals surface area contributed by atoms with E-state index >= 15 is 0 Å². The number of hydrogen-bond donors (Lipinski definition) is 0. The highest BCUT2D eigenvalue weighted by atomic mass is 35.5. The predicted molar refractivity (Wildman–Crippen MR) is 99.8 cm³/mol. The quantitative estimate of drug-likeness (QED) is 0.699. The van der Waals surface area contributed by atoms with Gasteiger partial charge in [0.25, 0.3) is 0 Å². The minimum absolute atomic E-state index is 0. The molecule has 0 saturated carbocycles. The third kappa shape index (κ3) is 3.23. The third-order valence-corrected chi connectivity index (χ3v) is 4.44. The Bertz CT molecular complexity index is 784. The fourth-order valence-corrected chi connectivity index (χ4v) is 3.39. The third-order valence-electron chi connectivity index (χ3n) is 4.44. The number of likely N-dealkylation sites (N-methyl/N-ethyl adjacent to an activating group) is 1. The number of halogens is 2. The molecule has 0 atom stereocenters. The van der Waals surface area contributed by atoms with Crippen LogP contribution in [0.4, 0.5) is 0 Å². The number of para-hydroxylation sites is 1. The molecule has 0 radical (unpaired) electrons. The number of rotatable bonds is 2. The average Bonchev–Trinajstić information content (AvgIpc) is 2.82. The molecule has 3 aromatic rings. The molecule has 3 heterocycles. The zero-order valence-electron chi connectivity index (χ0n) is 13.1. The monoisotopic (exact) mass is 349 g/mol. The second-order valence-electron chi connectivity index (χ2n) is 5.87. The number of benzene rings is 1. The van der Waals surface area contributed by atoms with Crippen molar-refractivity contribution in [1.29, 1.82) is 0 Å². The van der Waals surface area contributed by atoms with Crippen LogP contribution in [0, 0.1) is 0 Å². The van der Waals surface area contributed by atoms with E-state index in [1.54, 1.807) is 0 Å². The standard InChI is InChI=1S/C18H19N3.2ClH/c1-20-11-8-18-16(13-20)15-4-2-3-5-17(15)21(18)12-14-6-9-19-10-7-14;;/h2-7,9-10H,8,11-13H2,1H3;2*1H. The van der Waals surface area contributed by atoms with E-state index in [0.29, 0.717) is 0 Å². The van der Waals surface area contributed by atoms with E-state index in [2.05, 4.69) is 57.9 Å². The molecule has 0 saturated heterocycles. The van der Waals surface area contributed by atoms with Gasteiger partial charge in [0.1, 0.15) is 0 Å². The van der Waals surface area contributed by atoms with Crippen LogP contribution in [0.2, 0.25) is 0 Å². The Morgan fingerprint density at radius 1 is 1.04 bits per heavy atom. The average molecular weight is 350 g/mol. The van der Waals surface area contributed by atoms with Gasteiger partial charge in [-0.1, -0.05) is 18.2 Å². The molecule has 0 bridgehead atoms. The van der Waals surface area contributed by atoms with Crippen molar-refractivity contribution in [2.24, 2.45) is 0 Å². The first-order valence-electron chi connectivity index (χ1n) is 7.49. The van der Waals surface area contributed by atoms with Crippen LogP contribution < -0.4 is 0 Å². The van der Waals surface area contributed by atoms with Gasteiger partial charge in [-0.15, -0.1) is 24.8 Å². The van der Waals surface area contributed by atoms with E-state index in [9.17, 15) is 0 Å². The Labute approximate surface area is 149 Å². The molecule has 0 unspecified atom stereocenters. The van der Waals surface area contributed by atoms with Crippen LogP contribution in [0.5, 0.6) is 0 Å². The second-order valence-corrected chi connectivity index (χ2v) is 5.87. The Morgan fingerprint density at radius 3 is 2.57 bits per heavy atom. The van der Waals surface area contributed by atoms with E-state index in [0.717, 1.165) is 26.1 Å². The summed E-state index contributed by atoms with van der Waals surface area (Å²) >= 11 is 0. The maximum absolute atomic E-state index is 4.12. The lowest BCUT2D eigenvalue weighted by Gasteiger charge is -2.24. The van der Waals surface area contributed by atoms with E-state index in [4.69, 9.17) is 0 Å². The zero-order valence-corrected chi connectivity index (χ0v) is 14.7. The van der Waals surface area contributed by atoms with Crippen molar-refractivity contribution in [2.45, 2.75) is 19.5 Å². The molecule has 1 aliphatic heterocycles. The topological polar surface area (TPSA) is 21.1 Å². The van der Waals surface area contributed by atoms with E-state index in [-0.39, 0.29) is 24.8 Å². The molecule has 0 spiro atoms. The summed E-state index contributed by atoms with van der Waals surface area (Å²) < 4.78 is 2.49. The Kier molecular flexibility index (Phi) is 5.69. The SMILES string of the molecule is CN1CCc2c(c3ccccc3n2Cc2ccncc2)C1.Cl.Cl. The summed E-state index contributed by atoms with van der Waals surface area (Å²) in [5, 5.41) is 1.41. The van der Waals surface area contributed by atoms with Crippen LogP contribution in [0.15, 0.2) is 48.8 Å². The summed E-state index contributed by atoms with van der Waals surface area (Å²) in [6.45, 7) is 3.13. The number of pyridine rings is 1. The summed E-state index contributed by atoms with van der Waals surface area (Å²) in [6, 6.07) is 13.0. The van der Waals surface area contributed by atoms with Crippen LogP contribution >= 0.6 is 24.8 Å². The first-order valence-corrected chi connectivity index (χ1v) is 7.49. The van der Waals surface area contributed by atoms with Crippen molar-refractivity contribution >= 4 is 35.7 Å². The molecule has 4 rings (SSSR count). The first-order chi connectivity index (χ1) is 10.3. The van der Waals surface area contributed by atoms with Gasteiger partial charge in [0.15, 0.2) is 0 Å². The summed E-state index contributed by atoms with van der Waals surface area (Å²) in [7, 11) is 2.21. The molecule has 0 aliphatic carbocycles. The maximum Gasteiger partial charge on any atom is 0.0489 e. The highest BCUT2D eigenvalue weighted by Gasteiger charge is 2.21. The van der Waals surface area contributed by atoms with Crippen LogP contribution in [-0.4, -0.2) is 28.0 Å². The van der Waals surface area contributed by atoms with Gasteiger partial charge in [0.05, 0.1) is 0 Å². The minimum atomic E-state index is 0. The van der Waals surface area contributed by atoms with E-state index in [1.165, 1.54) is 27.7 Å². The normalized spacial score (nSPS) is 14.0. The van der Waals surface area contributed by atoms with Gasteiger partial charge in [0.2, 0.25) is 0 Å². The van der Waals surface area contributed by atoms with Crippen LogP contribution in [0.1, 0.15) is 16.8 Å². The van der Waals surface area contributed by atoms with Gasteiger partial charge in [0, 0.05) is 55.0 Å². The van der Waals surface area contributed by atoms with Gasteiger partial charge in [-0.25, -0.2) is 0 Å². The van der Waals surface area contributed by atoms with Crippen molar-refractivity contribution in [3.8, 4) is 0 Å². The lowest BCUT2D eigenvalue weighted by Crippen LogP contribution is -2.27. The van der Waals surface area contributed by atoms with Crippen molar-refractivity contribution in [1.82, 2.24) is 14.5 Å². The molecule has 2 aromatic heterocycles. The van der Waals surface area contributed by atoms with Gasteiger partial charge in [-0.3, -0.25) is 4.98 Å². The van der Waals surface area contributed by atoms with Crippen molar-refractivity contribution < 1.29 is 0 Å². The van der Waals surface area contributed by atoms with Gasteiger partial charge >= 0.3 is 0 Å². The lowest BCUT2D eigenvalue weighted by atomic mass is 10.1. The molecule has 23 heavy (non-hydrogen) atoms. The van der Waals surface area contributed by atoms with Gasteiger partial charge < -0.3 is 9.47 Å². The molecule has 1 aliphatic rings. The largest absolute Gasteiger partial charge is 0.340 e. The lowest BCUT2D eigenvalue weighted by molar-refractivity contribution is 0.310. The fraction of sp³-hybridized carbons (Fsp3) is 0.278. The molecule has 0 fully saturated rings. The van der Waals surface area contributed by atoms with Crippen molar-refractivity contribution in [3.63, 3.8) is 0 Å². The number of aromatic nitrogens is 2. The molecule has 5 heteroatoms. The molecule has 0 N–H and O–H groups in total. The first kappa shape index (κ1) is 17.8. The molecule has 3 nitrogen and oxygen atoms in total. The summed E-state index contributed by atoms with van der Waals surface area (Å²) in [4.78, 5) is 6.53. The number of fused-ring (bicyclic) bond motifs is 3. The second kappa shape index (κ2) is 7.35. The molecular weight excluding hydrogens is 329 g/mol. The van der Waals surface area contributed by atoms with Crippen molar-refractivity contribution in [2.75, 3.05) is 13.6 Å². The van der Waals surface area contributed by atoms with Crippen molar-refractivity contribution in [3.05, 3.63) is 65.6 Å². The fourth-order valence-electron chi connectivity index (χ4n) is 3.39. The zero-order chi connectivity index (χ0) is 14.2. The Balaban J connectivity index is 0.000000960. The summed E-state index contributed by atoms with van der Waals surface area (Å²) in [5.74, 6) is 0. The number of nitrogens with zero attached hydrogens (tertiary/aromatic N) is 3. The minimum Gasteiger partial charge on any atom is -0.340 e. The van der Waals surface area contributed by atoms with Gasteiger partial charge in [-0.2, -0.15) is 0 Å². The highest BCUT2D eigenvalue weighted by molar-refractivity contribution is 5.86. The Morgan fingerprint density at radius 2 is 1.78 bits per heavy atom. The van der Waals surface area contributed by atoms with Crippen LogP contribution in [0.25, 0.3) is 10.9 Å². The molecule has 0 amide bonds. The molecular formula is C18H21Cl2N3. The van der Waals surface area contributed by atoms with Crippen LogP contribution in [-0.2, 0) is 19.5 Å².